The molecular formula is C13H14BrNO2. The molecule has 0 fully saturated rings. The summed E-state index contributed by atoms with van der Waals surface area (Å²) < 4.78 is 3.01. The van der Waals surface area contributed by atoms with E-state index >= 15 is 0 Å². The van der Waals surface area contributed by atoms with Crippen molar-refractivity contribution >= 4 is 32.6 Å². The zero-order chi connectivity index (χ0) is 12.4. The van der Waals surface area contributed by atoms with Crippen LogP contribution in [0.25, 0.3) is 10.9 Å². The van der Waals surface area contributed by atoms with Crippen molar-refractivity contribution in [1.29, 1.82) is 0 Å². The quantitative estimate of drug-likeness (QED) is 0.881. The topological polar surface area (TPSA) is 42.2 Å². The van der Waals surface area contributed by atoms with E-state index in [-0.39, 0.29) is 12.4 Å². The van der Waals surface area contributed by atoms with Crippen LogP contribution in [0.3, 0.4) is 0 Å². The van der Waals surface area contributed by atoms with E-state index in [4.69, 9.17) is 5.11 Å². The van der Waals surface area contributed by atoms with Gasteiger partial charge in [-0.15, -0.1) is 0 Å². The number of fused-ring (bicyclic) bond motifs is 1. The Morgan fingerprint density at radius 3 is 2.88 bits per heavy atom. The predicted molar refractivity (Wildman–Crippen MR) is 71.3 cm³/mol. The fourth-order valence-electron chi connectivity index (χ4n) is 1.97. The second kappa shape index (κ2) is 5.02. The summed E-state index contributed by atoms with van der Waals surface area (Å²) in [4.78, 5) is 11.6. The zero-order valence-electron chi connectivity index (χ0n) is 9.61. The summed E-state index contributed by atoms with van der Waals surface area (Å²) in [6.45, 7) is 2.45. The number of carbonyl (C=O) groups excluding carboxylic acids is 1. The van der Waals surface area contributed by atoms with E-state index in [0.29, 0.717) is 6.42 Å². The van der Waals surface area contributed by atoms with Gasteiger partial charge in [0.05, 0.1) is 0 Å². The Balaban J connectivity index is 2.58. The predicted octanol–water partition coefficient (Wildman–Crippen LogP) is 2.99. The highest BCUT2D eigenvalue weighted by molar-refractivity contribution is 9.10. The first-order valence-corrected chi connectivity index (χ1v) is 6.33. The molecule has 0 bridgehead atoms. The number of hydrogen-bond acceptors (Lipinski definition) is 2. The molecule has 0 spiro atoms. The van der Waals surface area contributed by atoms with E-state index in [1.165, 1.54) is 0 Å². The molecule has 2 aromatic rings. The lowest BCUT2D eigenvalue weighted by molar-refractivity contribution is 0.101. The molecule has 1 heterocycles. The number of carbonyl (C=O) groups is 1. The summed E-state index contributed by atoms with van der Waals surface area (Å²) in [5.74, 6) is 0.0695. The summed E-state index contributed by atoms with van der Waals surface area (Å²) in [5.41, 5.74) is 1.77. The van der Waals surface area contributed by atoms with Gasteiger partial charge < -0.3 is 9.67 Å². The van der Waals surface area contributed by atoms with Gasteiger partial charge in [-0.25, -0.2) is 0 Å². The molecule has 3 nitrogen and oxygen atoms in total. The minimum atomic E-state index is 0.0695. The first-order valence-electron chi connectivity index (χ1n) is 5.53. The smallest absolute Gasteiger partial charge is 0.161 e. The third-order valence-electron chi connectivity index (χ3n) is 2.78. The molecule has 0 amide bonds. The average Bonchev–Trinajstić information content (AvgIpc) is 2.64. The molecule has 0 aliphatic carbocycles. The van der Waals surface area contributed by atoms with Gasteiger partial charge in [0.2, 0.25) is 0 Å². The summed E-state index contributed by atoms with van der Waals surface area (Å²) in [5, 5.41) is 9.85. The van der Waals surface area contributed by atoms with Crippen LogP contribution in [0.4, 0.5) is 0 Å². The average molecular weight is 296 g/mol. The zero-order valence-corrected chi connectivity index (χ0v) is 11.2. The molecule has 4 heteroatoms. The van der Waals surface area contributed by atoms with Crippen LogP contribution in [-0.4, -0.2) is 22.1 Å². The third kappa shape index (κ3) is 2.42. The maximum atomic E-state index is 11.6. The number of benzene rings is 1. The van der Waals surface area contributed by atoms with E-state index < -0.39 is 0 Å². The lowest BCUT2D eigenvalue weighted by atomic mass is 10.1. The van der Waals surface area contributed by atoms with Crippen molar-refractivity contribution in [1.82, 2.24) is 4.57 Å². The van der Waals surface area contributed by atoms with Gasteiger partial charge >= 0.3 is 0 Å². The number of ketones is 1. The lowest BCUT2D eigenvalue weighted by Crippen LogP contribution is -1.98. The van der Waals surface area contributed by atoms with Crippen molar-refractivity contribution in [3.63, 3.8) is 0 Å². The highest BCUT2D eigenvalue weighted by Gasteiger charge is 2.11. The van der Waals surface area contributed by atoms with Gasteiger partial charge in [-0.2, -0.15) is 0 Å². The lowest BCUT2D eigenvalue weighted by Gasteiger charge is -2.03. The largest absolute Gasteiger partial charge is 0.396 e. The molecule has 1 N–H and O–H groups in total. The van der Waals surface area contributed by atoms with Crippen LogP contribution in [0.5, 0.6) is 0 Å². The number of hydrogen-bond donors (Lipinski definition) is 1. The molecule has 1 aromatic heterocycles. The molecule has 0 saturated carbocycles. The molecule has 0 saturated heterocycles. The molecule has 2 rings (SSSR count). The number of Topliss-reactive ketones (excluding diaryl/α,β-unsaturated/α-hetero) is 1. The molecule has 0 unspecified atom stereocenters. The first kappa shape index (κ1) is 12.3. The van der Waals surface area contributed by atoms with Gasteiger partial charge in [0.25, 0.3) is 0 Å². The second-order valence-electron chi connectivity index (χ2n) is 4.03. The van der Waals surface area contributed by atoms with Crippen molar-refractivity contribution in [3.05, 3.63) is 34.4 Å². The van der Waals surface area contributed by atoms with E-state index in [0.717, 1.165) is 27.5 Å². The van der Waals surface area contributed by atoms with Crippen LogP contribution in [0.2, 0.25) is 0 Å². The SMILES string of the molecule is CC(=O)c1cn(CCCO)c2cc(Br)ccc12. The Morgan fingerprint density at radius 2 is 2.24 bits per heavy atom. The number of halogens is 1. The summed E-state index contributed by atoms with van der Waals surface area (Å²) in [6, 6.07) is 5.88. The molecule has 90 valence electrons. The highest BCUT2D eigenvalue weighted by atomic mass is 79.9. The highest BCUT2D eigenvalue weighted by Crippen LogP contribution is 2.25. The maximum absolute atomic E-state index is 11.6. The van der Waals surface area contributed by atoms with Gasteiger partial charge in [-0.05, 0) is 25.5 Å². The van der Waals surface area contributed by atoms with Gasteiger partial charge in [0.15, 0.2) is 5.78 Å². The summed E-state index contributed by atoms with van der Waals surface area (Å²) in [6.07, 6.45) is 2.56. The normalized spacial score (nSPS) is 11.0. The van der Waals surface area contributed by atoms with Crippen molar-refractivity contribution < 1.29 is 9.90 Å². The number of aryl methyl sites for hydroxylation is 1. The van der Waals surface area contributed by atoms with Crippen LogP contribution in [0.15, 0.2) is 28.9 Å². The van der Waals surface area contributed by atoms with Crippen LogP contribution in [0, 0.1) is 0 Å². The number of aliphatic hydroxyl groups excluding tert-OH is 1. The summed E-state index contributed by atoms with van der Waals surface area (Å²) >= 11 is 3.43. The Kier molecular flexibility index (Phi) is 3.64. The Labute approximate surface area is 108 Å². The standard InChI is InChI=1S/C13H14BrNO2/c1-9(17)12-8-15(5-2-6-16)13-7-10(14)3-4-11(12)13/h3-4,7-8,16H,2,5-6H2,1H3. The molecule has 1 aromatic carbocycles. The molecule has 17 heavy (non-hydrogen) atoms. The minimum Gasteiger partial charge on any atom is -0.396 e. The fourth-order valence-corrected chi connectivity index (χ4v) is 2.32. The van der Waals surface area contributed by atoms with Crippen molar-refractivity contribution in [2.45, 2.75) is 19.9 Å². The molecule has 0 aliphatic heterocycles. The van der Waals surface area contributed by atoms with Crippen LogP contribution in [0.1, 0.15) is 23.7 Å². The number of aliphatic hydroxyl groups is 1. The van der Waals surface area contributed by atoms with Gasteiger partial charge in [0.1, 0.15) is 0 Å². The van der Waals surface area contributed by atoms with E-state index in [1.54, 1.807) is 6.92 Å². The van der Waals surface area contributed by atoms with Gasteiger partial charge in [0, 0.05) is 40.3 Å². The molecule has 0 aliphatic rings. The molecule has 0 atom stereocenters. The van der Waals surface area contributed by atoms with E-state index in [1.807, 2.05) is 29.0 Å². The monoisotopic (exact) mass is 295 g/mol. The number of rotatable bonds is 4. The Hall–Kier alpha value is -1.13. The Morgan fingerprint density at radius 1 is 1.47 bits per heavy atom. The Bertz CT molecular complexity index is 560. The summed E-state index contributed by atoms with van der Waals surface area (Å²) in [7, 11) is 0. The third-order valence-corrected chi connectivity index (χ3v) is 3.27. The van der Waals surface area contributed by atoms with Crippen molar-refractivity contribution in [2.75, 3.05) is 6.61 Å². The second-order valence-corrected chi connectivity index (χ2v) is 4.95. The maximum Gasteiger partial charge on any atom is 0.161 e. The van der Waals surface area contributed by atoms with Crippen LogP contribution < -0.4 is 0 Å². The number of aromatic nitrogens is 1. The van der Waals surface area contributed by atoms with Crippen LogP contribution >= 0.6 is 15.9 Å². The molecular weight excluding hydrogens is 282 g/mol. The van der Waals surface area contributed by atoms with Gasteiger partial charge in [-0.1, -0.05) is 22.0 Å². The van der Waals surface area contributed by atoms with E-state index in [9.17, 15) is 4.79 Å². The van der Waals surface area contributed by atoms with Crippen LogP contribution in [-0.2, 0) is 6.54 Å². The number of nitrogens with zero attached hydrogens (tertiary/aromatic N) is 1. The van der Waals surface area contributed by atoms with Crippen molar-refractivity contribution in [3.8, 4) is 0 Å². The first-order chi connectivity index (χ1) is 8.13. The van der Waals surface area contributed by atoms with Crippen molar-refractivity contribution in [2.24, 2.45) is 0 Å². The molecule has 0 radical (unpaired) electrons. The fraction of sp³-hybridized carbons (Fsp3) is 0.308. The van der Waals surface area contributed by atoms with Gasteiger partial charge in [-0.3, -0.25) is 4.79 Å². The minimum absolute atomic E-state index is 0.0695. The van der Waals surface area contributed by atoms with E-state index in [2.05, 4.69) is 15.9 Å².